The molecule has 1 aliphatic heterocycles. The van der Waals surface area contributed by atoms with Crippen LogP contribution in [0.15, 0.2) is 121 Å². The molecule has 1 aromatic heterocycles. The number of anilines is 2. The predicted molar refractivity (Wildman–Crippen MR) is 166 cm³/mol. The van der Waals surface area contributed by atoms with Crippen LogP contribution in [0.4, 0.5) is 11.4 Å². The zero-order valence-electron chi connectivity index (χ0n) is 22.5. The van der Waals surface area contributed by atoms with Crippen molar-refractivity contribution in [2.75, 3.05) is 10.6 Å². The molecule has 0 saturated heterocycles. The van der Waals surface area contributed by atoms with E-state index >= 15 is 0 Å². The molecular formula is C34H26ClN5O2. The molecule has 0 aliphatic carbocycles. The van der Waals surface area contributed by atoms with Gasteiger partial charge in [-0.25, -0.2) is 9.97 Å². The summed E-state index contributed by atoms with van der Waals surface area (Å²) in [6, 6.07) is 30.5. The first-order valence-corrected chi connectivity index (χ1v) is 13.9. The molecule has 2 amide bonds. The van der Waals surface area contributed by atoms with Crippen molar-refractivity contribution in [1.29, 1.82) is 0 Å². The van der Waals surface area contributed by atoms with E-state index in [0.717, 1.165) is 33.4 Å². The standard InChI is InChI=1S/C34H26ClN5O2/c35-27-12-15-29-30(18-27)40-34(42)31(16-22-6-8-25(9-7-22)24-4-2-1-3-5-24)39-33(29)26-10-13-28(14-11-26)38-32(41)17-23-19-36-21-37-20-23/h1-15,18-21,31H,16-17H2,(H,38,41)(H,40,42). The average Bonchev–Trinajstić information content (AvgIpc) is 3.14. The summed E-state index contributed by atoms with van der Waals surface area (Å²) in [7, 11) is 0. The third-order valence-electron chi connectivity index (χ3n) is 6.99. The van der Waals surface area contributed by atoms with Gasteiger partial charge < -0.3 is 10.6 Å². The molecule has 5 aromatic rings. The highest BCUT2D eigenvalue weighted by Crippen LogP contribution is 2.29. The molecule has 2 heterocycles. The number of hydrogen-bond donors (Lipinski definition) is 2. The van der Waals surface area contributed by atoms with E-state index < -0.39 is 6.04 Å². The molecule has 0 bridgehead atoms. The van der Waals surface area contributed by atoms with Crippen molar-refractivity contribution < 1.29 is 9.59 Å². The minimum Gasteiger partial charge on any atom is -0.326 e. The fraction of sp³-hybridized carbons (Fsp3) is 0.0882. The van der Waals surface area contributed by atoms with Crippen LogP contribution in [-0.2, 0) is 22.4 Å². The van der Waals surface area contributed by atoms with E-state index in [0.29, 0.717) is 28.5 Å². The fourth-order valence-corrected chi connectivity index (χ4v) is 5.08. The van der Waals surface area contributed by atoms with Crippen molar-refractivity contribution in [1.82, 2.24) is 9.97 Å². The SMILES string of the molecule is O=C(Cc1cncnc1)Nc1ccc(C2=NC(Cc3ccc(-c4ccccc4)cc3)C(=O)Nc3cc(Cl)ccc32)cc1. The average molecular weight is 572 g/mol. The molecule has 0 radical (unpaired) electrons. The van der Waals surface area contributed by atoms with E-state index in [-0.39, 0.29) is 18.2 Å². The third kappa shape index (κ3) is 6.27. The molecule has 0 fully saturated rings. The van der Waals surface area contributed by atoms with E-state index in [4.69, 9.17) is 16.6 Å². The highest BCUT2D eigenvalue weighted by Gasteiger charge is 2.26. The minimum absolute atomic E-state index is 0.169. The maximum absolute atomic E-state index is 13.4. The van der Waals surface area contributed by atoms with Crippen LogP contribution in [0.1, 0.15) is 22.3 Å². The van der Waals surface area contributed by atoms with E-state index in [1.807, 2.05) is 60.7 Å². The van der Waals surface area contributed by atoms with Gasteiger partial charge in [0.15, 0.2) is 0 Å². The van der Waals surface area contributed by atoms with Gasteiger partial charge in [0, 0.05) is 40.7 Å². The Kier molecular flexibility index (Phi) is 7.83. The van der Waals surface area contributed by atoms with Crippen molar-refractivity contribution in [2.45, 2.75) is 18.9 Å². The first-order valence-electron chi connectivity index (χ1n) is 13.5. The lowest BCUT2D eigenvalue weighted by Crippen LogP contribution is -2.27. The van der Waals surface area contributed by atoms with Crippen LogP contribution in [0, 0.1) is 0 Å². The lowest BCUT2D eigenvalue weighted by Gasteiger charge is -2.12. The number of carbonyl (C=O) groups is 2. The van der Waals surface area contributed by atoms with Gasteiger partial charge in [-0.05, 0) is 52.6 Å². The minimum atomic E-state index is -0.652. The topological polar surface area (TPSA) is 96.3 Å². The second-order valence-corrected chi connectivity index (χ2v) is 10.4. The summed E-state index contributed by atoms with van der Waals surface area (Å²) in [5, 5.41) is 6.45. The summed E-state index contributed by atoms with van der Waals surface area (Å²) in [5.41, 5.74) is 7.50. The van der Waals surface area contributed by atoms with Gasteiger partial charge in [-0.15, -0.1) is 0 Å². The Morgan fingerprint density at radius 3 is 2.24 bits per heavy atom. The maximum atomic E-state index is 13.4. The molecule has 1 atom stereocenters. The van der Waals surface area contributed by atoms with Gasteiger partial charge in [-0.1, -0.05) is 78.3 Å². The van der Waals surface area contributed by atoms with Crippen molar-refractivity contribution in [2.24, 2.45) is 4.99 Å². The van der Waals surface area contributed by atoms with Crippen molar-refractivity contribution >= 4 is 40.5 Å². The molecule has 4 aromatic carbocycles. The number of aromatic nitrogens is 2. The van der Waals surface area contributed by atoms with Crippen LogP contribution >= 0.6 is 11.6 Å². The third-order valence-corrected chi connectivity index (χ3v) is 7.23. The number of nitrogens with zero attached hydrogens (tertiary/aromatic N) is 3. The van der Waals surface area contributed by atoms with Crippen LogP contribution in [-0.4, -0.2) is 33.5 Å². The van der Waals surface area contributed by atoms with E-state index in [9.17, 15) is 9.59 Å². The Morgan fingerprint density at radius 2 is 1.50 bits per heavy atom. The molecule has 1 unspecified atom stereocenters. The highest BCUT2D eigenvalue weighted by atomic mass is 35.5. The lowest BCUT2D eigenvalue weighted by molar-refractivity contribution is -0.117. The summed E-state index contributed by atoms with van der Waals surface area (Å²) in [6.45, 7) is 0. The fourth-order valence-electron chi connectivity index (χ4n) is 4.91. The zero-order valence-corrected chi connectivity index (χ0v) is 23.3. The van der Waals surface area contributed by atoms with Gasteiger partial charge >= 0.3 is 0 Å². The van der Waals surface area contributed by atoms with E-state index in [1.54, 1.807) is 24.5 Å². The van der Waals surface area contributed by atoms with Crippen LogP contribution in [0.2, 0.25) is 5.02 Å². The first kappa shape index (κ1) is 27.1. The molecular weight excluding hydrogens is 546 g/mol. The first-order chi connectivity index (χ1) is 20.5. The summed E-state index contributed by atoms with van der Waals surface area (Å²) in [5.74, 6) is -0.369. The Balaban J connectivity index is 1.26. The number of nitrogens with one attached hydrogen (secondary N) is 2. The molecule has 206 valence electrons. The molecule has 6 rings (SSSR count). The monoisotopic (exact) mass is 571 g/mol. The van der Waals surface area contributed by atoms with Crippen LogP contribution in [0.5, 0.6) is 0 Å². The van der Waals surface area contributed by atoms with Crippen molar-refractivity contribution in [3.05, 3.63) is 143 Å². The molecule has 2 N–H and O–H groups in total. The lowest BCUT2D eigenvalue weighted by atomic mass is 9.99. The van der Waals surface area contributed by atoms with Gasteiger partial charge in [0.1, 0.15) is 12.4 Å². The van der Waals surface area contributed by atoms with Gasteiger partial charge in [0.2, 0.25) is 11.8 Å². The maximum Gasteiger partial charge on any atom is 0.249 e. The number of carbonyl (C=O) groups excluding carboxylic acids is 2. The molecule has 0 spiro atoms. The second-order valence-electron chi connectivity index (χ2n) is 9.99. The number of benzodiazepines with no additional fused rings is 1. The van der Waals surface area contributed by atoms with Crippen LogP contribution in [0.25, 0.3) is 11.1 Å². The quantitative estimate of drug-likeness (QED) is 0.237. The summed E-state index contributed by atoms with van der Waals surface area (Å²) in [6.07, 6.45) is 5.27. The number of aliphatic imine (C=N–C) groups is 1. The van der Waals surface area contributed by atoms with Gasteiger partial charge in [0.25, 0.3) is 0 Å². The Labute approximate surface area is 248 Å². The van der Waals surface area contributed by atoms with Crippen molar-refractivity contribution in [3.63, 3.8) is 0 Å². The number of amides is 2. The largest absolute Gasteiger partial charge is 0.326 e. The zero-order chi connectivity index (χ0) is 28.9. The highest BCUT2D eigenvalue weighted by molar-refractivity contribution is 6.31. The molecule has 42 heavy (non-hydrogen) atoms. The Bertz CT molecular complexity index is 1760. The second kappa shape index (κ2) is 12.2. The van der Waals surface area contributed by atoms with Crippen LogP contribution < -0.4 is 10.6 Å². The molecule has 1 aliphatic rings. The van der Waals surface area contributed by atoms with Gasteiger partial charge in [0.05, 0.1) is 17.8 Å². The molecule has 8 heteroatoms. The van der Waals surface area contributed by atoms with Crippen LogP contribution in [0.3, 0.4) is 0 Å². The van der Waals surface area contributed by atoms with Gasteiger partial charge in [-0.2, -0.15) is 0 Å². The smallest absolute Gasteiger partial charge is 0.249 e. The number of rotatable bonds is 7. The summed E-state index contributed by atoms with van der Waals surface area (Å²) in [4.78, 5) is 38.8. The predicted octanol–water partition coefficient (Wildman–Crippen LogP) is 6.38. The van der Waals surface area contributed by atoms with Gasteiger partial charge in [-0.3, -0.25) is 14.6 Å². The molecule has 7 nitrogen and oxygen atoms in total. The van der Waals surface area contributed by atoms with E-state index in [2.05, 4.69) is 44.9 Å². The Hall–Kier alpha value is -5.14. The van der Waals surface area contributed by atoms with E-state index in [1.165, 1.54) is 6.33 Å². The number of hydrogen-bond acceptors (Lipinski definition) is 5. The summed E-state index contributed by atoms with van der Waals surface area (Å²) < 4.78 is 0. The number of halogens is 1. The molecule has 0 saturated carbocycles. The Morgan fingerprint density at radius 1 is 0.810 bits per heavy atom. The normalized spacial score (nSPS) is 14.3. The summed E-state index contributed by atoms with van der Waals surface area (Å²) >= 11 is 6.29. The number of fused-ring (bicyclic) bond motifs is 1. The van der Waals surface area contributed by atoms with Crippen molar-refractivity contribution in [3.8, 4) is 11.1 Å². The number of benzene rings is 4.